The Balaban J connectivity index is 1.22. The van der Waals surface area contributed by atoms with Crippen molar-refractivity contribution in [2.45, 2.75) is 64.5 Å². The van der Waals surface area contributed by atoms with Gasteiger partial charge in [-0.05, 0) is 42.5 Å². The molecule has 2 aliphatic rings. The maximum atomic E-state index is 5.91. The van der Waals surface area contributed by atoms with E-state index >= 15 is 0 Å². The van der Waals surface area contributed by atoms with Gasteiger partial charge in [-0.25, -0.2) is 9.97 Å². The molecule has 33 heavy (non-hydrogen) atoms. The lowest BCUT2D eigenvalue weighted by Crippen LogP contribution is -2.29. The van der Waals surface area contributed by atoms with E-state index in [4.69, 9.17) is 9.47 Å². The molecule has 4 rings (SSSR count). The van der Waals surface area contributed by atoms with Crippen molar-refractivity contribution in [2.75, 3.05) is 13.2 Å². The molecule has 1 aromatic carbocycles. The van der Waals surface area contributed by atoms with Gasteiger partial charge in [0.2, 0.25) is 0 Å². The lowest BCUT2D eigenvalue weighted by Gasteiger charge is -2.24. The lowest BCUT2D eigenvalue weighted by atomic mass is 9.95. The number of aryl methyl sites for hydroxylation is 1. The zero-order valence-corrected chi connectivity index (χ0v) is 19.7. The number of benzene rings is 1. The zero-order chi connectivity index (χ0) is 22.7. The molecular formula is C28H35N3O2. The van der Waals surface area contributed by atoms with Crippen molar-refractivity contribution in [1.82, 2.24) is 9.97 Å². The first-order valence-electron chi connectivity index (χ1n) is 12.4. The van der Waals surface area contributed by atoms with Crippen LogP contribution < -0.4 is 4.74 Å². The van der Waals surface area contributed by atoms with E-state index in [9.17, 15) is 0 Å². The number of nitrogens with zero attached hydrogens (tertiary/aromatic N) is 3. The van der Waals surface area contributed by atoms with Gasteiger partial charge < -0.3 is 9.47 Å². The highest BCUT2D eigenvalue weighted by molar-refractivity contribution is 5.67. The first kappa shape index (κ1) is 23.4. The molecule has 0 N–H and O–H groups in total. The fourth-order valence-corrected chi connectivity index (χ4v) is 4.11. The number of rotatable bonds is 11. The first-order valence-corrected chi connectivity index (χ1v) is 12.4. The standard InChI is InChI=1S/C28H35N3O2/c1-2-3-4-5-9-12-27-29-17-24(18-30-27)23-13-15-26(16-14-23)32-21-28-31-19-25(20-33-28)22-10-7-6-8-11-22/h7,10-11,13-19,25,28H,2-6,8-9,12,20-21H2,1H3. The fraction of sp³-hybridized carbons (Fsp3) is 0.464. The molecule has 5 nitrogen and oxygen atoms in total. The highest BCUT2D eigenvalue weighted by Gasteiger charge is 2.20. The van der Waals surface area contributed by atoms with Crippen LogP contribution in [-0.2, 0) is 11.2 Å². The van der Waals surface area contributed by atoms with Gasteiger partial charge in [0.15, 0.2) is 6.23 Å². The van der Waals surface area contributed by atoms with E-state index in [1.165, 1.54) is 31.3 Å². The minimum absolute atomic E-state index is 0.253. The quantitative estimate of drug-likeness (QED) is 0.378. The van der Waals surface area contributed by atoms with Crippen LogP contribution >= 0.6 is 0 Å². The van der Waals surface area contributed by atoms with Crippen LogP contribution in [0.15, 0.2) is 65.5 Å². The summed E-state index contributed by atoms with van der Waals surface area (Å²) < 4.78 is 11.8. The summed E-state index contributed by atoms with van der Waals surface area (Å²) in [5.74, 6) is 2.00. The Morgan fingerprint density at radius 3 is 2.48 bits per heavy atom. The third-order valence-electron chi connectivity index (χ3n) is 6.14. The van der Waals surface area contributed by atoms with E-state index in [1.807, 2.05) is 42.9 Å². The van der Waals surface area contributed by atoms with Gasteiger partial charge in [0.25, 0.3) is 0 Å². The van der Waals surface area contributed by atoms with Crippen LogP contribution in [0.3, 0.4) is 0 Å². The number of ether oxygens (including phenoxy) is 2. The third kappa shape index (κ3) is 7.10. The molecule has 1 aliphatic heterocycles. The Labute approximate surface area is 197 Å². The Bertz CT molecular complexity index is 948. The Kier molecular flexibility index (Phi) is 8.82. The number of allylic oxidation sites excluding steroid dienone is 3. The SMILES string of the molecule is CCCCCCCc1ncc(-c2ccc(OCC3N=CC(C4=CCCC=C4)CO3)cc2)cn1. The van der Waals surface area contributed by atoms with Gasteiger partial charge in [-0.2, -0.15) is 0 Å². The number of aromatic nitrogens is 2. The molecule has 2 unspecified atom stereocenters. The smallest absolute Gasteiger partial charge is 0.181 e. The summed E-state index contributed by atoms with van der Waals surface area (Å²) in [5.41, 5.74) is 3.41. The number of aliphatic imine (C=N–C) groups is 1. The zero-order valence-electron chi connectivity index (χ0n) is 19.7. The summed E-state index contributed by atoms with van der Waals surface area (Å²) in [4.78, 5) is 13.6. The van der Waals surface area contributed by atoms with Gasteiger partial charge in [0.1, 0.15) is 18.2 Å². The molecule has 0 saturated carbocycles. The van der Waals surface area contributed by atoms with Gasteiger partial charge in [0, 0.05) is 36.5 Å². The van der Waals surface area contributed by atoms with Crippen molar-refractivity contribution < 1.29 is 9.47 Å². The van der Waals surface area contributed by atoms with Crippen molar-refractivity contribution >= 4 is 6.21 Å². The highest BCUT2D eigenvalue weighted by Crippen LogP contribution is 2.23. The molecule has 1 aliphatic carbocycles. The second-order valence-electron chi connectivity index (χ2n) is 8.76. The molecule has 1 aromatic heterocycles. The fourth-order valence-electron chi connectivity index (χ4n) is 4.11. The van der Waals surface area contributed by atoms with Gasteiger partial charge in [0.05, 0.1) is 6.61 Å². The number of hydrogen-bond acceptors (Lipinski definition) is 5. The van der Waals surface area contributed by atoms with Gasteiger partial charge in [-0.15, -0.1) is 0 Å². The van der Waals surface area contributed by atoms with Crippen LogP contribution in [0.25, 0.3) is 11.1 Å². The monoisotopic (exact) mass is 445 g/mol. The van der Waals surface area contributed by atoms with Gasteiger partial charge in [-0.1, -0.05) is 63.0 Å². The Morgan fingerprint density at radius 1 is 0.970 bits per heavy atom. The van der Waals surface area contributed by atoms with Crippen molar-refractivity contribution in [2.24, 2.45) is 10.9 Å². The second-order valence-corrected chi connectivity index (χ2v) is 8.76. The van der Waals surface area contributed by atoms with Crippen LogP contribution in [-0.4, -0.2) is 35.6 Å². The minimum Gasteiger partial charge on any atom is -0.489 e. The molecule has 0 radical (unpaired) electrons. The van der Waals surface area contributed by atoms with Crippen LogP contribution in [0, 0.1) is 5.92 Å². The average molecular weight is 446 g/mol. The van der Waals surface area contributed by atoms with E-state index < -0.39 is 0 Å². The van der Waals surface area contributed by atoms with Crippen molar-refractivity contribution in [3.63, 3.8) is 0 Å². The predicted octanol–water partition coefficient (Wildman–Crippen LogP) is 6.36. The topological polar surface area (TPSA) is 56.6 Å². The summed E-state index contributed by atoms with van der Waals surface area (Å²) in [5, 5.41) is 0. The molecule has 174 valence electrons. The van der Waals surface area contributed by atoms with E-state index in [0.717, 1.165) is 48.4 Å². The van der Waals surface area contributed by atoms with Crippen molar-refractivity contribution in [3.8, 4) is 16.9 Å². The Morgan fingerprint density at radius 2 is 1.79 bits per heavy atom. The summed E-state index contributed by atoms with van der Waals surface area (Å²) in [6, 6.07) is 8.04. The van der Waals surface area contributed by atoms with Crippen LogP contribution in [0.2, 0.25) is 0 Å². The molecule has 0 saturated heterocycles. The predicted molar refractivity (Wildman–Crippen MR) is 134 cm³/mol. The van der Waals surface area contributed by atoms with Crippen LogP contribution in [0.5, 0.6) is 5.75 Å². The molecule has 2 atom stereocenters. The molecule has 0 amide bonds. The normalized spacial score (nSPS) is 20.0. The molecule has 2 heterocycles. The summed E-state index contributed by atoms with van der Waals surface area (Å²) in [6.07, 6.45) is 21.8. The second kappa shape index (κ2) is 12.4. The maximum Gasteiger partial charge on any atom is 0.181 e. The maximum absolute atomic E-state index is 5.91. The van der Waals surface area contributed by atoms with E-state index in [2.05, 4.69) is 40.1 Å². The first-order chi connectivity index (χ1) is 16.3. The number of unbranched alkanes of at least 4 members (excludes halogenated alkanes) is 4. The van der Waals surface area contributed by atoms with E-state index in [1.54, 1.807) is 0 Å². The molecule has 0 fully saturated rings. The van der Waals surface area contributed by atoms with Gasteiger partial charge in [-0.3, -0.25) is 4.99 Å². The minimum atomic E-state index is -0.253. The van der Waals surface area contributed by atoms with E-state index in [-0.39, 0.29) is 12.1 Å². The average Bonchev–Trinajstić information content (AvgIpc) is 2.89. The third-order valence-corrected chi connectivity index (χ3v) is 6.14. The van der Waals surface area contributed by atoms with Gasteiger partial charge >= 0.3 is 0 Å². The van der Waals surface area contributed by atoms with Crippen molar-refractivity contribution in [1.29, 1.82) is 0 Å². The number of hydrogen-bond donors (Lipinski definition) is 0. The summed E-state index contributed by atoms with van der Waals surface area (Å²) >= 11 is 0. The molecule has 0 bridgehead atoms. The summed E-state index contributed by atoms with van der Waals surface area (Å²) in [6.45, 7) is 3.30. The molecule has 2 aromatic rings. The highest BCUT2D eigenvalue weighted by atomic mass is 16.5. The largest absolute Gasteiger partial charge is 0.489 e. The molecule has 5 heteroatoms. The molecular weight excluding hydrogens is 410 g/mol. The Hall–Kier alpha value is -2.79. The molecule has 0 spiro atoms. The van der Waals surface area contributed by atoms with Crippen LogP contribution in [0.1, 0.15) is 57.7 Å². The lowest BCUT2D eigenvalue weighted by molar-refractivity contribution is 0.0130. The van der Waals surface area contributed by atoms with Crippen LogP contribution in [0.4, 0.5) is 0 Å². The summed E-state index contributed by atoms with van der Waals surface area (Å²) in [7, 11) is 0. The van der Waals surface area contributed by atoms with Crippen molar-refractivity contribution in [3.05, 3.63) is 66.3 Å². The van der Waals surface area contributed by atoms with E-state index in [0.29, 0.717) is 13.2 Å².